The van der Waals surface area contributed by atoms with Gasteiger partial charge in [-0.1, -0.05) is 224 Å². The maximum absolute atomic E-state index is 12.2. The molecule has 0 heterocycles. The number of rotatable bonds is 47. The maximum atomic E-state index is 12.2. The molecular formula is C53H98O5. The molecule has 0 radical (unpaired) electrons. The highest BCUT2D eigenvalue weighted by molar-refractivity contribution is 5.70. The lowest BCUT2D eigenvalue weighted by Gasteiger charge is -2.15. The second-order valence-corrected chi connectivity index (χ2v) is 17.2. The van der Waals surface area contributed by atoms with E-state index in [1.807, 2.05) is 0 Å². The van der Waals surface area contributed by atoms with Crippen LogP contribution < -0.4 is 0 Å². The fourth-order valence-corrected chi connectivity index (χ4v) is 7.52. The Balaban J connectivity index is 3.46. The van der Waals surface area contributed by atoms with Gasteiger partial charge >= 0.3 is 11.9 Å². The number of carbonyl (C=O) groups is 2. The molecule has 1 atom stereocenters. The number of allylic oxidation sites excluding steroid dienone is 6. The molecule has 1 unspecified atom stereocenters. The molecule has 0 aliphatic carbocycles. The summed E-state index contributed by atoms with van der Waals surface area (Å²) in [5, 5.41) is 9.61. The van der Waals surface area contributed by atoms with Crippen molar-refractivity contribution in [1.82, 2.24) is 0 Å². The predicted molar refractivity (Wildman–Crippen MR) is 251 cm³/mol. The molecular weight excluding hydrogens is 717 g/mol. The van der Waals surface area contributed by atoms with Gasteiger partial charge in [-0.15, -0.1) is 0 Å². The molecule has 1 N–H and O–H groups in total. The van der Waals surface area contributed by atoms with Gasteiger partial charge in [0.1, 0.15) is 6.61 Å². The first kappa shape index (κ1) is 56.1. The van der Waals surface area contributed by atoms with Gasteiger partial charge < -0.3 is 14.6 Å². The van der Waals surface area contributed by atoms with E-state index in [2.05, 4.69) is 50.3 Å². The number of esters is 2. The second kappa shape index (κ2) is 49.5. The number of carbonyl (C=O) groups excluding carboxylic acids is 2. The lowest BCUT2D eigenvalue weighted by Crippen LogP contribution is -2.28. The van der Waals surface area contributed by atoms with Crippen LogP contribution in [-0.4, -0.2) is 36.4 Å². The molecule has 0 saturated heterocycles. The van der Waals surface area contributed by atoms with E-state index in [1.54, 1.807) is 0 Å². The quantitative estimate of drug-likeness (QED) is 0.0376. The standard InChI is InChI=1S/C53H98O5/c1-3-5-7-9-11-13-15-17-19-21-22-23-24-25-26-27-28-29-30-32-33-35-37-39-41-43-45-47-52(55)57-50-51(49-54)58-53(56)48-46-44-42-40-38-36-34-31-20-18-16-14-12-10-8-6-4-2/h12,14,18,20-22,51,54H,3-11,13,15-17,19,23-50H2,1-2H3/b14-12-,20-18-,22-21-. The van der Waals surface area contributed by atoms with E-state index in [9.17, 15) is 14.7 Å². The van der Waals surface area contributed by atoms with E-state index in [0.29, 0.717) is 12.8 Å². The highest BCUT2D eigenvalue weighted by Crippen LogP contribution is 2.16. The number of unbranched alkanes of at least 4 members (excludes halogenated alkanes) is 33. The van der Waals surface area contributed by atoms with Crippen LogP contribution in [0.5, 0.6) is 0 Å². The highest BCUT2D eigenvalue weighted by atomic mass is 16.6. The Morgan fingerprint density at radius 1 is 0.397 bits per heavy atom. The van der Waals surface area contributed by atoms with Gasteiger partial charge in [0.2, 0.25) is 0 Å². The van der Waals surface area contributed by atoms with Crippen molar-refractivity contribution in [2.24, 2.45) is 0 Å². The normalized spacial score (nSPS) is 12.4. The van der Waals surface area contributed by atoms with E-state index in [0.717, 1.165) is 51.4 Å². The Morgan fingerprint density at radius 3 is 1.07 bits per heavy atom. The number of ether oxygens (including phenoxy) is 2. The summed E-state index contributed by atoms with van der Waals surface area (Å²) in [6, 6.07) is 0. The van der Waals surface area contributed by atoms with Crippen LogP contribution in [0.2, 0.25) is 0 Å². The lowest BCUT2D eigenvalue weighted by atomic mass is 10.0. The number of hydrogen-bond donors (Lipinski definition) is 1. The van der Waals surface area contributed by atoms with Crippen molar-refractivity contribution in [3.8, 4) is 0 Å². The van der Waals surface area contributed by atoms with Gasteiger partial charge in [0.05, 0.1) is 6.61 Å². The van der Waals surface area contributed by atoms with Gasteiger partial charge in [-0.25, -0.2) is 0 Å². The summed E-state index contributed by atoms with van der Waals surface area (Å²) in [6.07, 6.45) is 62.4. The average molecular weight is 815 g/mol. The first-order valence-corrected chi connectivity index (χ1v) is 25.5. The van der Waals surface area contributed by atoms with Crippen molar-refractivity contribution in [3.05, 3.63) is 36.5 Å². The maximum Gasteiger partial charge on any atom is 0.306 e. The molecule has 5 nitrogen and oxygen atoms in total. The smallest absolute Gasteiger partial charge is 0.306 e. The Morgan fingerprint density at radius 2 is 0.690 bits per heavy atom. The molecule has 58 heavy (non-hydrogen) atoms. The molecule has 0 aliphatic heterocycles. The molecule has 0 saturated carbocycles. The monoisotopic (exact) mass is 815 g/mol. The summed E-state index contributed by atoms with van der Waals surface area (Å²) < 4.78 is 10.7. The molecule has 0 fully saturated rings. The van der Waals surface area contributed by atoms with Crippen molar-refractivity contribution in [2.75, 3.05) is 13.2 Å². The third-order valence-corrected chi connectivity index (χ3v) is 11.4. The zero-order valence-electron chi connectivity index (χ0n) is 38.8. The minimum absolute atomic E-state index is 0.0661. The van der Waals surface area contributed by atoms with Gasteiger partial charge in [0.15, 0.2) is 6.10 Å². The van der Waals surface area contributed by atoms with Gasteiger partial charge in [-0.3, -0.25) is 9.59 Å². The Hall–Kier alpha value is -1.88. The van der Waals surface area contributed by atoms with Gasteiger partial charge in [0, 0.05) is 12.8 Å². The zero-order valence-corrected chi connectivity index (χ0v) is 38.8. The van der Waals surface area contributed by atoms with E-state index < -0.39 is 6.10 Å². The number of aliphatic hydroxyl groups excluding tert-OH is 1. The molecule has 0 aliphatic rings. The predicted octanol–water partition coefficient (Wildman–Crippen LogP) is 16.7. The molecule has 0 amide bonds. The molecule has 5 heteroatoms. The van der Waals surface area contributed by atoms with Crippen LogP contribution in [0.25, 0.3) is 0 Å². The van der Waals surface area contributed by atoms with Gasteiger partial charge in [0.25, 0.3) is 0 Å². The Bertz CT molecular complexity index is 924. The molecule has 0 aromatic rings. The van der Waals surface area contributed by atoms with Crippen molar-refractivity contribution in [3.63, 3.8) is 0 Å². The van der Waals surface area contributed by atoms with Gasteiger partial charge in [-0.05, 0) is 70.6 Å². The van der Waals surface area contributed by atoms with Crippen LogP contribution in [-0.2, 0) is 19.1 Å². The summed E-state index contributed by atoms with van der Waals surface area (Å²) in [6.45, 7) is 4.14. The van der Waals surface area contributed by atoms with E-state index >= 15 is 0 Å². The average Bonchev–Trinajstić information content (AvgIpc) is 3.23. The first-order valence-electron chi connectivity index (χ1n) is 25.5. The molecule has 0 bridgehead atoms. The summed E-state index contributed by atoms with van der Waals surface area (Å²) in [4.78, 5) is 24.4. The lowest BCUT2D eigenvalue weighted by molar-refractivity contribution is -0.161. The van der Waals surface area contributed by atoms with Crippen molar-refractivity contribution < 1.29 is 24.2 Å². The van der Waals surface area contributed by atoms with Crippen LogP contribution in [0.4, 0.5) is 0 Å². The molecule has 0 spiro atoms. The van der Waals surface area contributed by atoms with Crippen LogP contribution in [0.1, 0.15) is 271 Å². The number of aliphatic hydroxyl groups is 1. The third-order valence-electron chi connectivity index (χ3n) is 11.4. The highest BCUT2D eigenvalue weighted by Gasteiger charge is 2.16. The molecule has 0 aromatic heterocycles. The fourth-order valence-electron chi connectivity index (χ4n) is 7.52. The minimum Gasteiger partial charge on any atom is -0.462 e. The topological polar surface area (TPSA) is 72.8 Å². The van der Waals surface area contributed by atoms with Crippen molar-refractivity contribution >= 4 is 11.9 Å². The summed E-state index contributed by atoms with van der Waals surface area (Å²) in [5.41, 5.74) is 0. The van der Waals surface area contributed by atoms with Crippen molar-refractivity contribution in [1.29, 1.82) is 0 Å². The Kier molecular flexibility index (Phi) is 47.9. The summed E-state index contributed by atoms with van der Waals surface area (Å²) in [5.74, 6) is -0.589. The second-order valence-electron chi connectivity index (χ2n) is 17.2. The van der Waals surface area contributed by atoms with Crippen LogP contribution >= 0.6 is 0 Å². The third kappa shape index (κ3) is 46.8. The summed E-state index contributed by atoms with van der Waals surface area (Å²) in [7, 11) is 0. The summed E-state index contributed by atoms with van der Waals surface area (Å²) >= 11 is 0. The van der Waals surface area contributed by atoms with Crippen LogP contribution in [0, 0.1) is 0 Å². The largest absolute Gasteiger partial charge is 0.462 e. The van der Waals surface area contributed by atoms with E-state index in [4.69, 9.17) is 9.47 Å². The zero-order chi connectivity index (χ0) is 42.1. The molecule has 340 valence electrons. The van der Waals surface area contributed by atoms with Crippen LogP contribution in [0.15, 0.2) is 36.5 Å². The van der Waals surface area contributed by atoms with Crippen LogP contribution in [0.3, 0.4) is 0 Å². The first-order chi connectivity index (χ1) is 28.6. The van der Waals surface area contributed by atoms with E-state index in [1.165, 1.54) is 193 Å². The molecule has 0 aromatic carbocycles. The van der Waals surface area contributed by atoms with E-state index in [-0.39, 0.29) is 25.2 Å². The fraction of sp³-hybridized carbons (Fsp3) is 0.849. The minimum atomic E-state index is -0.774. The Labute approximate surface area is 361 Å². The number of hydrogen-bond acceptors (Lipinski definition) is 5. The SMILES string of the molecule is CCCCC/C=C\C/C=C\CCCCCCCCCC(=O)OC(CO)COC(=O)CCCCCCCCCCCCCCCCC/C=C\CCCCCCCCCC. The van der Waals surface area contributed by atoms with Gasteiger partial charge in [-0.2, -0.15) is 0 Å². The van der Waals surface area contributed by atoms with Crippen molar-refractivity contribution in [2.45, 2.75) is 277 Å². The molecule has 0 rings (SSSR count).